The molecule has 1 aliphatic rings. The molecule has 5 nitrogen and oxygen atoms in total. The van der Waals surface area contributed by atoms with Crippen LogP contribution < -0.4 is 5.32 Å². The number of hydrogen-bond acceptors (Lipinski definition) is 3. The Morgan fingerprint density at radius 2 is 1.80 bits per heavy atom. The van der Waals surface area contributed by atoms with E-state index in [0.717, 1.165) is 12.8 Å². The van der Waals surface area contributed by atoms with Crippen LogP contribution in [0.1, 0.15) is 59.1 Å². The first-order valence-corrected chi connectivity index (χ1v) is 8.78. The summed E-state index contributed by atoms with van der Waals surface area (Å²) in [5, 5.41) is 3.08. The van der Waals surface area contributed by atoms with Gasteiger partial charge in [0.2, 0.25) is 0 Å². The maximum Gasteiger partial charge on any atom is 0.289 e. The number of amides is 2. The summed E-state index contributed by atoms with van der Waals surface area (Å²) < 4.78 is 5.16. The third-order valence-electron chi connectivity index (χ3n) is 4.69. The summed E-state index contributed by atoms with van der Waals surface area (Å²) in [6, 6.07) is 11.2. The van der Waals surface area contributed by atoms with Crippen LogP contribution >= 0.6 is 0 Å². The third kappa shape index (κ3) is 4.10. The fraction of sp³-hybridized carbons (Fsp3) is 0.400. The number of hydrogen-bond donors (Lipinski definition) is 1. The Bertz CT molecular complexity index is 712. The van der Waals surface area contributed by atoms with Gasteiger partial charge in [0.25, 0.3) is 11.8 Å². The third-order valence-corrected chi connectivity index (χ3v) is 4.69. The quantitative estimate of drug-likeness (QED) is 0.927. The molecule has 25 heavy (non-hydrogen) atoms. The van der Waals surface area contributed by atoms with Crippen LogP contribution in [-0.2, 0) is 0 Å². The van der Waals surface area contributed by atoms with E-state index in [1.54, 1.807) is 17.0 Å². The molecule has 0 saturated carbocycles. The molecule has 0 radical (unpaired) electrons. The molecule has 1 fully saturated rings. The highest BCUT2D eigenvalue weighted by Gasteiger charge is 2.26. The minimum Gasteiger partial charge on any atom is -0.459 e. The maximum atomic E-state index is 12.4. The van der Waals surface area contributed by atoms with E-state index >= 15 is 0 Å². The molecule has 1 aliphatic heterocycles. The minimum absolute atomic E-state index is 0.0499. The number of benzene rings is 1. The molecule has 0 bridgehead atoms. The maximum absolute atomic E-state index is 12.4. The predicted octanol–water partition coefficient (Wildman–Crippen LogP) is 3.44. The summed E-state index contributed by atoms with van der Waals surface area (Å²) in [5.74, 6) is 0.686. The van der Waals surface area contributed by atoms with Gasteiger partial charge in [-0.15, -0.1) is 0 Å². The van der Waals surface area contributed by atoms with Crippen LogP contribution in [0.4, 0.5) is 0 Å². The second-order valence-electron chi connectivity index (χ2n) is 6.79. The molecule has 2 heterocycles. The summed E-state index contributed by atoms with van der Waals surface area (Å²) in [6.07, 6.45) is 3.01. The molecule has 2 amide bonds. The number of piperidine rings is 1. The van der Waals surface area contributed by atoms with Crippen molar-refractivity contribution in [3.8, 4) is 0 Å². The zero-order chi connectivity index (χ0) is 17.8. The molecule has 1 saturated heterocycles. The molecule has 132 valence electrons. The molecule has 1 aromatic carbocycles. The van der Waals surface area contributed by atoms with Crippen LogP contribution in [0.15, 0.2) is 47.1 Å². The standard InChI is InChI=1S/C20H24N2O3/c1-14(2)15-5-7-16(8-6-15)19(23)21-17-9-11-22(12-10-17)20(24)18-4-3-13-25-18/h3-8,13-14,17H,9-12H2,1-2H3,(H,21,23). The Morgan fingerprint density at radius 1 is 1.12 bits per heavy atom. The zero-order valence-electron chi connectivity index (χ0n) is 14.7. The fourth-order valence-electron chi connectivity index (χ4n) is 3.07. The summed E-state index contributed by atoms with van der Waals surface area (Å²) in [7, 11) is 0. The number of carbonyl (C=O) groups is 2. The Labute approximate surface area is 148 Å². The smallest absolute Gasteiger partial charge is 0.289 e. The summed E-state index contributed by atoms with van der Waals surface area (Å²) in [4.78, 5) is 26.4. The van der Waals surface area contributed by atoms with Crippen molar-refractivity contribution in [2.45, 2.75) is 38.6 Å². The van der Waals surface area contributed by atoms with Crippen LogP contribution in [0.3, 0.4) is 0 Å². The molecule has 5 heteroatoms. The largest absolute Gasteiger partial charge is 0.459 e. The summed E-state index contributed by atoms with van der Waals surface area (Å²) >= 11 is 0. The highest BCUT2D eigenvalue weighted by molar-refractivity contribution is 5.94. The van der Waals surface area contributed by atoms with Crippen LogP contribution in [-0.4, -0.2) is 35.8 Å². The van der Waals surface area contributed by atoms with Crippen LogP contribution in [0, 0.1) is 0 Å². The van der Waals surface area contributed by atoms with Crippen molar-refractivity contribution in [2.75, 3.05) is 13.1 Å². The van der Waals surface area contributed by atoms with Gasteiger partial charge in [-0.25, -0.2) is 0 Å². The van der Waals surface area contributed by atoms with Crippen molar-refractivity contribution in [2.24, 2.45) is 0 Å². The van der Waals surface area contributed by atoms with E-state index in [1.165, 1.54) is 11.8 Å². The first-order valence-electron chi connectivity index (χ1n) is 8.78. The van der Waals surface area contributed by atoms with E-state index in [2.05, 4.69) is 19.2 Å². The van der Waals surface area contributed by atoms with Crippen molar-refractivity contribution in [1.82, 2.24) is 10.2 Å². The van der Waals surface area contributed by atoms with Gasteiger partial charge in [0.05, 0.1) is 6.26 Å². The van der Waals surface area contributed by atoms with Crippen LogP contribution in [0.5, 0.6) is 0 Å². The number of carbonyl (C=O) groups excluding carboxylic acids is 2. The van der Waals surface area contributed by atoms with Crippen molar-refractivity contribution in [1.29, 1.82) is 0 Å². The van der Waals surface area contributed by atoms with Gasteiger partial charge >= 0.3 is 0 Å². The van der Waals surface area contributed by atoms with Crippen molar-refractivity contribution >= 4 is 11.8 Å². The Balaban J connectivity index is 1.51. The monoisotopic (exact) mass is 340 g/mol. The van der Waals surface area contributed by atoms with Crippen molar-refractivity contribution in [3.63, 3.8) is 0 Å². The number of furan rings is 1. The minimum atomic E-state index is -0.0842. The van der Waals surface area contributed by atoms with Gasteiger partial charge < -0.3 is 14.6 Å². The number of likely N-dealkylation sites (tertiary alicyclic amines) is 1. The lowest BCUT2D eigenvalue weighted by Gasteiger charge is -2.31. The highest BCUT2D eigenvalue weighted by atomic mass is 16.3. The van der Waals surface area contributed by atoms with Gasteiger partial charge in [-0.1, -0.05) is 26.0 Å². The molecule has 1 aromatic heterocycles. The van der Waals surface area contributed by atoms with Gasteiger partial charge in [-0.05, 0) is 48.6 Å². The Hall–Kier alpha value is -2.56. The Kier molecular flexibility index (Phi) is 5.22. The first-order chi connectivity index (χ1) is 12.0. The van der Waals surface area contributed by atoms with Crippen molar-refractivity contribution < 1.29 is 14.0 Å². The number of nitrogens with zero attached hydrogens (tertiary/aromatic N) is 1. The zero-order valence-corrected chi connectivity index (χ0v) is 14.7. The first kappa shape index (κ1) is 17.3. The van der Waals surface area contributed by atoms with E-state index in [9.17, 15) is 9.59 Å². The molecule has 0 aliphatic carbocycles. The lowest BCUT2D eigenvalue weighted by molar-refractivity contribution is 0.0667. The van der Waals surface area contributed by atoms with E-state index in [-0.39, 0.29) is 17.9 Å². The van der Waals surface area contributed by atoms with Crippen molar-refractivity contribution in [3.05, 3.63) is 59.5 Å². The second kappa shape index (κ2) is 7.55. The van der Waals surface area contributed by atoms with Gasteiger partial charge in [-0.2, -0.15) is 0 Å². The van der Waals surface area contributed by atoms with E-state index < -0.39 is 0 Å². The molecular formula is C20H24N2O3. The van der Waals surface area contributed by atoms with Crippen LogP contribution in [0.25, 0.3) is 0 Å². The van der Waals surface area contributed by atoms with Gasteiger partial charge in [0.15, 0.2) is 5.76 Å². The van der Waals surface area contributed by atoms with E-state index in [1.807, 2.05) is 24.3 Å². The second-order valence-corrected chi connectivity index (χ2v) is 6.79. The molecule has 1 N–H and O–H groups in total. The van der Waals surface area contributed by atoms with E-state index in [0.29, 0.717) is 30.3 Å². The fourth-order valence-corrected chi connectivity index (χ4v) is 3.07. The summed E-state index contributed by atoms with van der Waals surface area (Å²) in [6.45, 7) is 5.51. The number of rotatable bonds is 4. The molecule has 3 rings (SSSR count). The topological polar surface area (TPSA) is 62.6 Å². The molecular weight excluding hydrogens is 316 g/mol. The molecule has 2 aromatic rings. The highest BCUT2D eigenvalue weighted by Crippen LogP contribution is 2.17. The molecule has 0 unspecified atom stereocenters. The SMILES string of the molecule is CC(C)c1ccc(C(=O)NC2CCN(C(=O)c3ccco3)CC2)cc1. The molecule has 0 atom stereocenters. The van der Waals surface area contributed by atoms with Gasteiger partial charge in [0.1, 0.15) is 0 Å². The van der Waals surface area contributed by atoms with Crippen LogP contribution in [0.2, 0.25) is 0 Å². The van der Waals surface area contributed by atoms with Gasteiger partial charge in [-0.3, -0.25) is 9.59 Å². The lowest BCUT2D eigenvalue weighted by Crippen LogP contribution is -2.46. The van der Waals surface area contributed by atoms with E-state index in [4.69, 9.17) is 4.42 Å². The number of nitrogens with one attached hydrogen (secondary N) is 1. The average Bonchev–Trinajstić information content (AvgIpc) is 3.16. The molecule has 0 spiro atoms. The normalized spacial score (nSPS) is 15.4. The summed E-state index contributed by atoms with van der Waals surface area (Å²) in [5.41, 5.74) is 1.90. The lowest BCUT2D eigenvalue weighted by atomic mass is 10.0. The Morgan fingerprint density at radius 3 is 2.36 bits per heavy atom. The average molecular weight is 340 g/mol. The predicted molar refractivity (Wildman–Crippen MR) is 95.6 cm³/mol. The van der Waals surface area contributed by atoms with Gasteiger partial charge in [0, 0.05) is 24.7 Å².